The predicted molar refractivity (Wildman–Crippen MR) is 78.9 cm³/mol. The van der Waals surface area contributed by atoms with Gasteiger partial charge in [0.2, 0.25) is 5.91 Å². The van der Waals surface area contributed by atoms with Gasteiger partial charge < -0.3 is 10.6 Å². The standard InChI is InChI=1S/C14H15N3O2S/c1-9-4-3-5-11(8-9)13(19)16-10(2)12(18)17-14-15-6-7-20-14/h3-8,10H,1-2H3,(H,16,19)(H,15,17,18)/t10-/m1/s1. The topological polar surface area (TPSA) is 71.1 Å². The van der Waals surface area contributed by atoms with E-state index in [1.807, 2.05) is 19.1 Å². The molecule has 1 atom stereocenters. The summed E-state index contributed by atoms with van der Waals surface area (Å²) >= 11 is 1.33. The molecule has 0 aliphatic carbocycles. The van der Waals surface area contributed by atoms with Crippen molar-refractivity contribution in [3.63, 3.8) is 0 Å². The van der Waals surface area contributed by atoms with Crippen LogP contribution in [-0.2, 0) is 4.79 Å². The van der Waals surface area contributed by atoms with Crippen LogP contribution in [0, 0.1) is 6.92 Å². The SMILES string of the molecule is Cc1cccc(C(=O)N[C@H](C)C(=O)Nc2nccs2)c1. The second-order valence-electron chi connectivity index (χ2n) is 4.39. The lowest BCUT2D eigenvalue weighted by molar-refractivity contribution is -0.117. The van der Waals surface area contributed by atoms with Gasteiger partial charge in [0, 0.05) is 17.1 Å². The number of thiazole rings is 1. The quantitative estimate of drug-likeness (QED) is 0.906. The zero-order valence-electron chi connectivity index (χ0n) is 11.2. The third-order valence-corrected chi connectivity index (χ3v) is 3.37. The van der Waals surface area contributed by atoms with Crippen LogP contribution in [0.25, 0.3) is 0 Å². The van der Waals surface area contributed by atoms with Gasteiger partial charge in [-0.15, -0.1) is 11.3 Å². The number of carbonyl (C=O) groups is 2. The molecule has 2 aromatic rings. The van der Waals surface area contributed by atoms with Crippen LogP contribution in [0.4, 0.5) is 5.13 Å². The lowest BCUT2D eigenvalue weighted by Gasteiger charge is -2.13. The highest BCUT2D eigenvalue weighted by Gasteiger charge is 2.17. The minimum Gasteiger partial charge on any atom is -0.341 e. The molecule has 104 valence electrons. The number of aryl methyl sites for hydroxylation is 1. The number of anilines is 1. The third-order valence-electron chi connectivity index (χ3n) is 2.68. The highest BCUT2D eigenvalue weighted by Crippen LogP contribution is 2.10. The van der Waals surface area contributed by atoms with E-state index >= 15 is 0 Å². The molecule has 2 amide bonds. The molecular weight excluding hydrogens is 274 g/mol. The van der Waals surface area contributed by atoms with Gasteiger partial charge >= 0.3 is 0 Å². The highest BCUT2D eigenvalue weighted by molar-refractivity contribution is 7.13. The Morgan fingerprint density at radius 1 is 1.35 bits per heavy atom. The molecule has 2 rings (SSSR count). The number of rotatable bonds is 4. The van der Waals surface area contributed by atoms with Crippen LogP contribution in [0.3, 0.4) is 0 Å². The summed E-state index contributed by atoms with van der Waals surface area (Å²) in [6, 6.07) is 6.58. The number of carbonyl (C=O) groups excluding carboxylic acids is 2. The summed E-state index contributed by atoms with van der Waals surface area (Å²) < 4.78 is 0. The van der Waals surface area contributed by atoms with Gasteiger partial charge in [-0.2, -0.15) is 0 Å². The maximum absolute atomic E-state index is 12.0. The number of aromatic nitrogens is 1. The maximum atomic E-state index is 12.0. The second-order valence-corrected chi connectivity index (χ2v) is 5.29. The molecule has 0 fully saturated rings. The summed E-state index contributed by atoms with van der Waals surface area (Å²) in [5.41, 5.74) is 1.54. The Morgan fingerprint density at radius 3 is 2.80 bits per heavy atom. The molecule has 1 aromatic heterocycles. The van der Waals surface area contributed by atoms with Crippen LogP contribution in [0.1, 0.15) is 22.8 Å². The van der Waals surface area contributed by atoms with E-state index in [0.29, 0.717) is 10.7 Å². The molecule has 1 aromatic carbocycles. The first-order chi connectivity index (χ1) is 9.56. The molecule has 0 radical (unpaired) electrons. The van der Waals surface area contributed by atoms with Crippen LogP contribution in [0.2, 0.25) is 0 Å². The Bertz CT molecular complexity index is 611. The van der Waals surface area contributed by atoms with E-state index in [9.17, 15) is 9.59 Å². The average Bonchev–Trinajstić information content (AvgIpc) is 2.91. The van der Waals surface area contributed by atoms with Crippen molar-refractivity contribution in [3.8, 4) is 0 Å². The Kier molecular flexibility index (Phi) is 4.47. The molecule has 5 nitrogen and oxygen atoms in total. The van der Waals surface area contributed by atoms with Crippen molar-refractivity contribution in [2.75, 3.05) is 5.32 Å². The van der Waals surface area contributed by atoms with Crippen molar-refractivity contribution >= 4 is 28.3 Å². The minimum absolute atomic E-state index is 0.268. The molecule has 6 heteroatoms. The second kappa shape index (κ2) is 6.29. The van der Waals surface area contributed by atoms with E-state index in [0.717, 1.165) is 5.56 Å². The highest BCUT2D eigenvalue weighted by atomic mass is 32.1. The van der Waals surface area contributed by atoms with Crippen molar-refractivity contribution in [1.29, 1.82) is 0 Å². The summed E-state index contributed by atoms with van der Waals surface area (Å²) in [5.74, 6) is -0.559. The summed E-state index contributed by atoms with van der Waals surface area (Å²) in [7, 11) is 0. The summed E-state index contributed by atoms with van der Waals surface area (Å²) in [6.45, 7) is 3.55. The summed E-state index contributed by atoms with van der Waals surface area (Å²) in [6.07, 6.45) is 1.61. The predicted octanol–water partition coefficient (Wildman–Crippen LogP) is 2.21. The average molecular weight is 289 g/mol. The normalized spacial score (nSPS) is 11.7. The maximum Gasteiger partial charge on any atom is 0.251 e. The van der Waals surface area contributed by atoms with Gasteiger partial charge in [-0.1, -0.05) is 17.7 Å². The van der Waals surface area contributed by atoms with E-state index < -0.39 is 6.04 Å². The van der Waals surface area contributed by atoms with E-state index in [4.69, 9.17) is 0 Å². The van der Waals surface area contributed by atoms with E-state index in [1.54, 1.807) is 30.6 Å². The molecule has 0 unspecified atom stereocenters. The number of nitrogens with one attached hydrogen (secondary N) is 2. The fraction of sp³-hybridized carbons (Fsp3) is 0.214. The first-order valence-electron chi connectivity index (χ1n) is 6.14. The fourth-order valence-corrected chi connectivity index (χ4v) is 2.16. The van der Waals surface area contributed by atoms with Gasteiger partial charge in [-0.3, -0.25) is 9.59 Å². The Hall–Kier alpha value is -2.21. The van der Waals surface area contributed by atoms with Crippen LogP contribution >= 0.6 is 11.3 Å². The first-order valence-corrected chi connectivity index (χ1v) is 7.02. The Labute approximate surface area is 121 Å². The van der Waals surface area contributed by atoms with Crippen molar-refractivity contribution < 1.29 is 9.59 Å². The van der Waals surface area contributed by atoms with E-state index in [2.05, 4.69) is 15.6 Å². The molecule has 2 N–H and O–H groups in total. The monoisotopic (exact) mass is 289 g/mol. The van der Waals surface area contributed by atoms with Crippen LogP contribution in [0.5, 0.6) is 0 Å². The van der Waals surface area contributed by atoms with Crippen molar-refractivity contribution in [2.45, 2.75) is 19.9 Å². The molecule has 20 heavy (non-hydrogen) atoms. The molecule has 0 spiro atoms. The van der Waals surface area contributed by atoms with Gasteiger partial charge in [0.25, 0.3) is 5.91 Å². The fourth-order valence-electron chi connectivity index (χ4n) is 1.63. The number of benzene rings is 1. The van der Waals surface area contributed by atoms with Gasteiger partial charge in [0.05, 0.1) is 0 Å². The largest absolute Gasteiger partial charge is 0.341 e. The zero-order valence-corrected chi connectivity index (χ0v) is 12.0. The summed E-state index contributed by atoms with van der Waals surface area (Å²) in [4.78, 5) is 27.9. The zero-order chi connectivity index (χ0) is 14.5. The van der Waals surface area contributed by atoms with E-state index in [-0.39, 0.29) is 11.8 Å². The molecule has 1 heterocycles. The van der Waals surface area contributed by atoms with Gasteiger partial charge in [0.15, 0.2) is 5.13 Å². The molecular formula is C14H15N3O2S. The number of nitrogens with zero attached hydrogens (tertiary/aromatic N) is 1. The smallest absolute Gasteiger partial charge is 0.251 e. The first kappa shape index (κ1) is 14.2. The van der Waals surface area contributed by atoms with Gasteiger partial charge in [-0.05, 0) is 26.0 Å². The van der Waals surface area contributed by atoms with Crippen LogP contribution in [-0.4, -0.2) is 22.8 Å². The number of amides is 2. The third kappa shape index (κ3) is 3.64. The summed E-state index contributed by atoms with van der Waals surface area (Å²) in [5, 5.41) is 7.59. The van der Waals surface area contributed by atoms with Gasteiger partial charge in [0.1, 0.15) is 6.04 Å². The molecule has 0 aliphatic rings. The van der Waals surface area contributed by atoms with Crippen molar-refractivity contribution in [1.82, 2.24) is 10.3 Å². The van der Waals surface area contributed by atoms with Crippen LogP contribution < -0.4 is 10.6 Å². The Morgan fingerprint density at radius 2 is 2.15 bits per heavy atom. The lowest BCUT2D eigenvalue weighted by Crippen LogP contribution is -2.41. The number of hydrogen-bond acceptors (Lipinski definition) is 4. The van der Waals surface area contributed by atoms with Crippen LogP contribution in [0.15, 0.2) is 35.8 Å². The minimum atomic E-state index is -0.632. The van der Waals surface area contributed by atoms with Crippen molar-refractivity contribution in [2.24, 2.45) is 0 Å². The Balaban J connectivity index is 1.95. The van der Waals surface area contributed by atoms with Gasteiger partial charge in [-0.25, -0.2) is 4.98 Å². The lowest BCUT2D eigenvalue weighted by atomic mass is 10.1. The van der Waals surface area contributed by atoms with E-state index in [1.165, 1.54) is 11.3 Å². The molecule has 0 bridgehead atoms. The molecule has 0 saturated carbocycles. The molecule has 0 aliphatic heterocycles. The molecule has 0 saturated heterocycles. The number of hydrogen-bond donors (Lipinski definition) is 2. The van der Waals surface area contributed by atoms with Crippen molar-refractivity contribution in [3.05, 3.63) is 47.0 Å².